The number of fused-ring (bicyclic) bond motifs is 13. The maximum atomic E-state index is 6.58. The minimum Gasteiger partial charge on any atom is -0.456 e. The molecule has 59 heavy (non-hydrogen) atoms. The Balaban J connectivity index is 1.19. The minimum absolute atomic E-state index is 0.607. The van der Waals surface area contributed by atoms with Crippen LogP contribution in [0.4, 0.5) is 0 Å². The molecule has 0 atom stereocenters. The molecule has 5 nitrogen and oxygen atoms in total. The molecule has 4 aromatic heterocycles. The number of hydrogen-bond donors (Lipinski definition) is 0. The summed E-state index contributed by atoms with van der Waals surface area (Å²) in [6.45, 7) is 0. The Morgan fingerprint density at radius 3 is 1.90 bits per heavy atom. The van der Waals surface area contributed by atoms with E-state index in [0.717, 1.165) is 88.2 Å². The van der Waals surface area contributed by atoms with E-state index in [1.54, 1.807) is 0 Å². The van der Waals surface area contributed by atoms with Crippen molar-refractivity contribution >= 4 is 87.2 Å². The van der Waals surface area contributed by atoms with Gasteiger partial charge in [0.25, 0.3) is 0 Å². The monoisotopic (exact) mass is 752 g/mol. The van der Waals surface area contributed by atoms with Gasteiger partial charge >= 0.3 is 0 Å². The van der Waals surface area contributed by atoms with Crippen LogP contribution in [0.15, 0.2) is 199 Å². The molecule has 0 unspecified atom stereocenters. The number of hydrogen-bond acceptors (Lipinski definition) is 3. The van der Waals surface area contributed by atoms with Gasteiger partial charge in [-0.3, -0.25) is 4.57 Å². The van der Waals surface area contributed by atoms with Crippen LogP contribution >= 0.6 is 0 Å². The zero-order valence-electron chi connectivity index (χ0n) is 31.7. The summed E-state index contributed by atoms with van der Waals surface area (Å²) in [7, 11) is 0. The van der Waals surface area contributed by atoms with Gasteiger partial charge in [0, 0.05) is 43.3 Å². The number of aromatic nitrogens is 4. The highest BCUT2D eigenvalue weighted by atomic mass is 16.3. The van der Waals surface area contributed by atoms with E-state index in [1.807, 2.05) is 6.07 Å². The molecule has 0 aliphatic rings. The normalized spacial score (nSPS) is 12.1. The second-order valence-electron chi connectivity index (χ2n) is 15.3. The van der Waals surface area contributed by atoms with Crippen LogP contribution in [0.25, 0.3) is 121 Å². The smallest absolute Gasteiger partial charge is 0.235 e. The van der Waals surface area contributed by atoms with E-state index < -0.39 is 0 Å². The third-order valence-corrected chi connectivity index (χ3v) is 12.1. The molecule has 13 aromatic rings. The molecule has 0 spiro atoms. The van der Waals surface area contributed by atoms with Crippen LogP contribution in [0.2, 0.25) is 0 Å². The van der Waals surface area contributed by atoms with Gasteiger partial charge in [0.1, 0.15) is 11.2 Å². The average molecular weight is 753 g/mol. The lowest BCUT2D eigenvalue weighted by Crippen LogP contribution is -2.03. The lowest BCUT2D eigenvalue weighted by molar-refractivity contribution is 0.669. The number of para-hydroxylation sites is 3. The number of benzene rings is 9. The van der Waals surface area contributed by atoms with Crippen LogP contribution < -0.4 is 0 Å². The highest BCUT2D eigenvalue weighted by molar-refractivity contribution is 6.31. The molecule has 0 N–H and O–H groups in total. The van der Waals surface area contributed by atoms with Crippen molar-refractivity contribution in [1.29, 1.82) is 0 Å². The summed E-state index contributed by atoms with van der Waals surface area (Å²) in [5, 5.41) is 10.1. The zero-order chi connectivity index (χ0) is 38.6. The lowest BCUT2D eigenvalue weighted by Gasteiger charge is -2.13. The Bertz CT molecular complexity index is 3830. The van der Waals surface area contributed by atoms with E-state index >= 15 is 0 Å². The Morgan fingerprint density at radius 2 is 1.02 bits per heavy atom. The van der Waals surface area contributed by atoms with Gasteiger partial charge in [-0.05, 0) is 59.0 Å². The second-order valence-corrected chi connectivity index (χ2v) is 15.3. The van der Waals surface area contributed by atoms with E-state index in [-0.39, 0.29) is 0 Å². The highest BCUT2D eigenvalue weighted by Crippen LogP contribution is 2.46. The van der Waals surface area contributed by atoms with Crippen molar-refractivity contribution in [1.82, 2.24) is 19.1 Å². The molecule has 0 amide bonds. The van der Waals surface area contributed by atoms with Crippen LogP contribution in [0, 0.1) is 0 Å². The van der Waals surface area contributed by atoms with Gasteiger partial charge in [-0.1, -0.05) is 152 Å². The van der Waals surface area contributed by atoms with Gasteiger partial charge in [-0.15, -0.1) is 0 Å². The first-order valence-electron chi connectivity index (χ1n) is 20.0. The predicted octanol–water partition coefficient (Wildman–Crippen LogP) is 14.2. The molecule has 0 saturated heterocycles. The van der Waals surface area contributed by atoms with Crippen LogP contribution in [0.5, 0.6) is 0 Å². The molecule has 0 bridgehead atoms. The Labute approximate surface area is 337 Å². The van der Waals surface area contributed by atoms with Crippen LogP contribution in [0.1, 0.15) is 0 Å². The molecule has 0 aliphatic carbocycles. The largest absolute Gasteiger partial charge is 0.456 e. The third kappa shape index (κ3) is 4.61. The maximum Gasteiger partial charge on any atom is 0.235 e. The quantitative estimate of drug-likeness (QED) is 0.180. The van der Waals surface area contributed by atoms with Gasteiger partial charge in [-0.25, -0.2) is 9.97 Å². The van der Waals surface area contributed by atoms with Crippen LogP contribution in [-0.4, -0.2) is 19.1 Å². The highest BCUT2D eigenvalue weighted by Gasteiger charge is 2.26. The molecule has 0 fully saturated rings. The topological polar surface area (TPSA) is 48.8 Å². The SMILES string of the molecule is c1ccc(-c2ccc(-c3nc(-n4c5ccc6c7ccccc7n(-c7cccc8ccccc78)c6c5c5ccc6oc7ccccc7c6c54)nc4ccccc34)cc2)cc1. The molecule has 0 aliphatic heterocycles. The van der Waals surface area contributed by atoms with E-state index in [9.17, 15) is 0 Å². The summed E-state index contributed by atoms with van der Waals surface area (Å²) in [5.74, 6) is 0.607. The van der Waals surface area contributed by atoms with Gasteiger partial charge < -0.3 is 8.98 Å². The Hall–Kier alpha value is -8.02. The molecule has 0 saturated carbocycles. The molecular weight excluding hydrogens is 721 g/mol. The minimum atomic E-state index is 0.607. The lowest BCUT2D eigenvalue weighted by atomic mass is 10.0. The fourth-order valence-corrected chi connectivity index (χ4v) is 9.55. The molecule has 0 radical (unpaired) electrons. The molecule has 274 valence electrons. The summed E-state index contributed by atoms with van der Waals surface area (Å²) >= 11 is 0. The van der Waals surface area contributed by atoms with Crippen molar-refractivity contribution < 1.29 is 4.42 Å². The van der Waals surface area contributed by atoms with E-state index in [4.69, 9.17) is 14.4 Å². The second kappa shape index (κ2) is 12.2. The summed E-state index contributed by atoms with van der Waals surface area (Å²) in [5.41, 5.74) is 12.3. The van der Waals surface area contributed by atoms with Crippen molar-refractivity contribution in [2.75, 3.05) is 0 Å². The number of nitrogens with zero attached hydrogens (tertiary/aromatic N) is 4. The first-order valence-corrected chi connectivity index (χ1v) is 20.0. The summed E-state index contributed by atoms with van der Waals surface area (Å²) in [6, 6.07) is 68.8. The number of furan rings is 1. The van der Waals surface area contributed by atoms with Gasteiger partial charge in [0.15, 0.2) is 0 Å². The van der Waals surface area contributed by atoms with Crippen LogP contribution in [-0.2, 0) is 0 Å². The molecule has 5 heteroatoms. The van der Waals surface area contributed by atoms with Crippen LogP contribution in [0.3, 0.4) is 0 Å². The third-order valence-electron chi connectivity index (χ3n) is 12.1. The Kier molecular flexibility index (Phi) is 6.66. The fourth-order valence-electron chi connectivity index (χ4n) is 9.55. The van der Waals surface area contributed by atoms with Crippen molar-refractivity contribution in [3.05, 3.63) is 194 Å². The Morgan fingerprint density at radius 1 is 0.356 bits per heavy atom. The first-order chi connectivity index (χ1) is 29.3. The van der Waals surface area contributed by atoms with Gasteiger partial charge in [0.05, 0.1) is 44.4 Å². The van der Waals surface area contributed by atoms with Gasteiger partial charge in [-0.2, -0.15) is 0 Å². The zero-order valence-corrected chi connectivity index (χ0v) is 31.7. The molecule has 9 aromatic carbocycles. The maximum absolute atomic E-state index is 6.58. The van der Waals surface area contributed by atoms with Crippen molar-refractivity contribution in [3.8, 4) is 34.0 Å². The van der Waals surface area contributed by atoms with E-state index in [2.05, 4.69) is 197 Å². The molecular formula is C54H32N4O. The standard InChI is InChI=1S/C54H32N4O/c1-2-13-33(14-3-1)34-25-27-36(28-26-34)51-40-19-6-9-21-43(40)55-54(56-51)58-46-31-29-39-38-18-7-10-22-45(38)57(44-23-12-16-35-15-4-5-17-37(35)44)52(39)49(46)42-30-32-48-50(53(42)58)41-20-8-11-24-47(41)59-48/h1-32H. The van der Waals surface area contributed by atoms with Crippen molar-refractivity contribution in [3.63, 3.8) is 0 Å². The van der Waals surface area contributed by atoms with E-state index in [0.29, 0.717) is 5.95 Å². The van der Waals surface area contributed by atoms with E-state index in [1.165, 1.54) is 27.1 Å². The molecule has 13 rings (SSSR count). The summed E-state index contributed by atoms with van der Waals surface area (Å²) in [4.78, 5) is 10.9. The summed E-state index contributed by atoms with van der Waals surface area (Å²) in [6.07, 6.45) is 0. The van der Waals surface area contributed by atoms with Gasteiger partial charge in [0.2, 0.25) is 5.95 Å². The van der Waals surface area contributed by atoms with Crippen molar-refractivity contribution in [2.45, 2.75) is 0 Å². The number of rotatable bonds is 4. The average Bonchev–Trinajstić information content (AvgIpc) is 3.96. The summed E-state index contributed by atoms with van der Waals surface area (Å²) < 4.78 is 11.3. The molecule has 4 heterocycles. The first kappa shape index (κ1) is 32.1. The van der Waals surface area contributed by atoms with Crippen molar-refractivity contribution in [2.24, 2.45) is 0 Å². The fraction of sp³-hybridized carbons (Fsp3) is 0. The predicted molar refractivity (Wildman–Crippen MR) is 244 cm³/mol.